The van der Waals surface area contributed by atoms with Crippen LogP contribution in [0.5, 0.6) is 0 Å². The van der Waals surface area contributed by atoms with Gasteiger partial charge in [0.1, 0.15) is 0 Å². The Labute approximate surface area is 114 Å². The molecule has 0 spiro atoms. The highest BCUT2D eigenvalue weighted by Gasteiger charge is 2.11. The van der Waals surface area contributed by atoms with Crippen LogP contribution in [0.3, 0.4) is 0 Å². The highest BCUT2D eigenvalue weighted by molar-refractivity contribution is 8.04. The van der Waals surface area contributed by atoms with E-state index in [2.05, 4.69) is 19.2 Å². The zero-order valence-corrected chi connectivity index (χ0v) is 12.1. The lowest BCUT2D eigenvalue weighted by atomic mass is 10.2. The highest BCUT2D eigenvalue weighted by atomic mass is 32.2. The van der Waals surface area contributed by atoms with Gasteiger partial charge in [0.05, 0.1) is 4.91 Å². The molecule has 2 nitrogen and oxygen atoms in total. The number of thioether (sulfide) groups is 1. The van der Waals surface area contributed by atoms with Gasteiger partial charge >= 0.3 is 0 Å². The third-order valence-electron chi connectivity index (χ3n) is 2.61. The summed E-state index contributed by atoms with van der Waals surface area (Å²) < 4.78 is 0. The van der Waals surface area contributed by atoms with Crippen molar-refractivity contribution in [3.05, 3.63) is 40.8 Å². The first-order chi connectivity index (χ1) is 8.67. The predicted octanol–water partition coefficient (Wildman–Crippen LogP) is 3.70. The van der Waals surface area contributed by atoms with E-state index in [0.29, 0.717) is 0 Å². The van der Waals surface area contributed by atoms with Gasteiger partial charge in [0.25, 0.3) is 5.91 Å². The van der Waals surface area contributed by atoms with E-state index >= 15 is 0 Å². The Morgan fingerprint density at radius 1 is 1.33 bits per heavy atom. The number of hydrogen-bond donors (Lipinski definition) is 1. The zero-order chi connectivity index (χ0) is 13.4. The lowest BCUT2D eigenvalue weighted by Gasteiger charge is -2.13. The fourth-order valence-electron chi connectivity index (χ4n) is 1.43. The summed E-state index contributed by atoms with van der Waals surface area (Å²) in [6.07, 6.45) is 2.90. The summed E-state index contributed by atoms with van der Waals surface area (Å²) >= 11 is 1.58. The third kappa shape index (κ3) is 4.96. The monoisotopic (exact) mass is 263 g/mol. The highest BCUT2D eigenvalue weighted by Crippen LogP contribution is 2.19. The Morgan fingerprint density at radius 3 is 2.56 bits per heavy atom. The van der Waals surface area contributed by atoms with Gasteiger partial charge in [0, 0.05) is 6.04 Å². The SMILES string of the molecule is CCS/C(=C/c1ccccc1)C(=O)NC(C)CC. The second kappa shape index (κ2) is 7.98. The standard InChI is InChI=1S/C15H21NOS/c1-4-12(3)16-15(17)14(18-5-2)11-13-9-7-6-8-10-13/h6-12H,4-5H2,1-3H3,(H,16,17)/b14-11+. The van der Waals surface area contributed by atoms with Crippen LogP contribution >= 0.6 is 11.8 Å². The molecule has 0 aliphatic heterocycles. The third-order valence-corrected chi connectivity index (χ3v) is 3.51. The lowest BCUT2D eigenvalue weighted by Crippen LogP contribution is -2.32. The Bertz CT molecular complexity index is 400. The number of amides is 1. The summed E-state index contributed by atoms with van der Waals surface area (Å²) in [5.74, 6) is 0.923. The van der Waals surface area contributed by atoms with Gasteiger partial charge in [-0.1, -0.05) is 44.2 Å². The summed E-state index contributed by atoms with van der Waals surface area (Å²) in [6, 6.07) is 10.2. The number of benzene rings is 1. The van der Waals surface area contributed by atoms with Gasteiger partial charge in [-0.2, -0.15) is 0 Å². The second-order valence-corrected chi connectivity index (χ2v) is 5.44. The fraction of sp³-hybridized carbons (Fsp3) is 0.400. The fourth-order valence-corrected chi connectivity index (χ4v) is 2.15. The molecular formula is C15H21NOS. The Hall–Kier alpha value is -1.22. The predicted molar refractivity (Wildman–Crippen MR) is 80.4 cm³/mol. The molecule has 0 saturated carbocycles. The first-order valence-electron chi connectivity index (χ1n) is 6.37. The smallest absolute Gasteiger partial charge is 0.257 e. The van der Waals surface area contributed by atoms with E-state index in [1.54, 1.807) is 11.8 Å². The van der Waals surface area contributed by atoms with E-state index in [9.17, 15) is 4.79 Å². The van der Waals surface area contributed by atoms with Crippen LogP contribution in [0.15, 0.2) is 35.2 Å². The van der Waals surface area contributed by atoms with Crippen LogP contribution in [0.1, 0.15) is 32.8 Å². The summed E-state index contributed by atoms with van der Waals surface area (Å²) in [4.78, 5) is 12.9. The van der Waals surface area contributed by atoms with E-state index in [4.69, 9.17) is 0 Å². The molecule has 1 amide bonds. The molecule has 0 saturated heterocycles. The molecule has 1 N–H and O–H groups in total. The van der Waals surface area contributed by atoms with Crippen LogP contribution in [-0.4, -0.2) is 17.7 Å². The molecule has 1 atom stereocenters. The first kappa shape index (κ1) is 14.8. The number of carbonyl (C=O) groups is 1. The van der Waals surface area contributed by atoms with Crippen molar-refractivity contribution in [2.45, 2.75) is 33.2 Å². The maximum Gasteiger partial charge on any atom is 0.257 e. The van der Waals surface area contributed by atoms with Crippen LogP contribution in [-0.2, 0) is 4.79 Å². The van der Waals surface area contributed by atoms with Crippen molar-refractivity contribution < 1.29 is 4.79 Å². The largest absolute Gasteiger partial charge is 0.349 e. The minimum absolute atomic E-state index is 0.0278. The van der Waals surface area contributed by atoms with Crippen molar-refractivity contribution in [3.63, 3.8) is 0 Å². The molecule has 0 fully saturated rings. The molecule has 1 aromatic rings. The molecule has 0 aliphatic rings. The zero-order valence-electron chi connectivity index (χ0n) is 11.3. The number of hydrogen-bond acceptors (Lipinski definition) is 2. The first-order valence-corrected chi connectivity index (χ1v) is 7.36. The van der Waals surface area contributed by atoms with Crippen molar-refractivity contribution in [2.24, 2.45) is 0 Å². The van der Waals surface area contributed by atoms with E-state index in [0.717, 1.165) is 22.6 Å². The maximum absolute atomic E-state index is 12.1. The Balaban J connectivity index is 2.82. The summed E-state index contributed by atoms with van der Waals surface area (Å²) in [6.45, 7) is 6.15. The molecule has 1 aromatic carbocycles. The maximum atomic E-state index is 12.1. The van der Waals surface area contributed by atoms with Crippen LogP contribution in [0.2, 0.25) is 0 Å². The molecule has 0 aromatic heterocycles. The molecule has 98 valence electrons. The normalized spacial score (nSPS) is 13.2. The quantitative estimate of drug-likeness (QED) is 0.793. The molecule has 0 aliphatic carbocycles. The van der Waals surface area contributed by atoms with E-state index in [1.807, 2.05) is 43.3 Å². The average Bonchev–Trinajstić information content (AvgIpc) is 2.39. The number of carbonyl (C=O) groups excluding carboxylic acids is 1. The van der Waals surface area contributed by atoms with Gasteiger partial charge in [-0.05, 0) is 30.7 Å². The van der Waals surface area contributed by atoms with Gasteiger partial charge in [0.2, 0.25) is 0 Å². The van der Waals surface area contributed by atoms with Gasteiger partial charge in [-0.3, -0.25) is 4.79 Å². The molecule has 1 unspecified atom stereocenters. The number of rotatable bonds is 6. The summed E-state index contributed by atoms with van der Waals surface area (Å²) in [5, 5.41) is 3.01. The summed E-state index contributed by atoms with van der Waals surface area (Å²) in [7, 11) is 0. The number of nitrogens with one attached hydrogen (secondary N) is 1. The van der Waals surface area contributed by atoms with Crippen molar-refractivity contribution in [1.82, 2.24) is 5.32 Å². The van der Waals surface area contributed by atoms with Crippen LogP contribution in [0.25, 0.3) is 6.08 Å². The molecular weight excluding hydrogens is 242 g/mol. The van der Waals surface area contributed by atoms with Crippen LogP contribution < -0.4 is 5.32 Å². The van der Waals surface area contributed by atoms with Gasteiger partial charge < -0.3 is 5.32 Å². The molecule has 1 rings (SSSR count). The van der Waals surface area contributed by atoms with Crippen molar-refractivity contribution in [3.8, 4) is 0 Å². The van der Waals surface area contributed by atoms with Crippen molar-refractivity contribution in [1.29, 1.82) is 0 Å². The molecule has 18 heavy (non-hydrogen) atoms. The lowest BCUT2D eigenvalue weighted by molar-refractivity contribution is -0.117. The van der Waals surface area contributed by atoms with E-state index in [1.165, 1.54) is 0 Å². The molecule has 0 radical (unpaired) electrons. The average molecular weight is 263 g/mol. The minimum Gasteiger partial charge on any atom is -0.349 e. The molecule has 0 heterocycles. The minimum atomic E-state index is 0.0278. The Kier molecular flexibility index (Phi) is 6.58. The van der Waals surface area contributed by atoms with E-state index in [-0.39, 0.29) is 11.9 Å². The molecule has 3 heteroatoms. The van der Waals surface area contributed by atoms with Gasteiger partial charge in [-0.15, -0.1) is 11.8 Å². The molecule has 0 bridgehead atoms. The second-order valence-electron chi connectivity index (χ2n) is 4.14. The van der Waals surface area contributed by atoms with Gasteiger partial charge in [0.15, 0.2) is 0 Å². The topological polar surface area (TPSA) is 29.1 Å². The van der Waals surface area contributed by atoms with Crippen molar-refractivity contribution >= 4 is 23.7 Å². The van der Waals surface area contributed by atoms with Crippen LogP contribution in [0, 0.1) is 0 Å². The van der Waals surface area contributed by atoms with E-state index < -0.39 is 0 Å². The van der Waals surface area contributed by atoms with Crippen LogP contribution in [0.4, 0.5) is 0 Å². The Morgan fingerprint density at radius 2 is 2.00 bits per heavy atom. The summed E-state index contributed by atoms with van der Waals surface area (Å²) in [5.41, 5.74) is 1.06. The van der Waals surface area contributed by atoms with Crippen molar-refractivity contribution in [2.75, 3.05) is 5.75 Å². The van der Waals surface area contributed by atoms with Gasteiger partial charge in [-0.25, -0.2) is 0 Å².